The average Bonchev–Trinajstić information content (AvgIpc) is 1.66. The number of aromatic nitrogens is 2. The summed E-state index contributed by atoms with van der Waals surface area (Å²) in [6.45, 7) is 7.48. The first kappa shape index (κ1) is 118. The summed E-state index contributed by atoms with van der Waals surface area (Å²) in [5.41, 5.74) is 46.1. The molecular formula is C79H131N31O24S4. The number of guanidine groups is 2. The van der Waals surface area contributed by atoms with E-state index in [1.807, 2.05) is 0 Å². The number of aromatic amines is 1. The Bertz CT molecular complexity index is 4470. The lowest BCUT2D eigenvalue weighted by Crippen LogP contribution is -2.61. The van der Waals surface area contributed by atoms with Crippen LogP contribution in [0.25, 0.3) is 0 Å². The highest BCUT2D eigenvalue weighted by molar-refractivity contribution is 8.77. The number of nitrogens with one attached hydrogen (secondary N) is 21. The Morgan fingerprint density at radius 2 is 0.942 bits per heavy atom. The van der Waals surface area contributed by atoms with Gasteiger partial charge in [-0.05, 0) is 124 Å². The van der Waals surface area contributed by atoms with Gasteiger partial charge in [0.1, 0.15) is 103 Å². The number of H-pyrrole nitrogens is 1. The van der Waals surface area contributed by atoms with Crippen molar-refractivity contribution in [3.63, 3.8) is 0 Å². The first-order valence-corrected chi connectivity index (χ1v) is 49.3. The quantitative estimate of drug-likeness (QED) is 0.0130. The van der Waals surface area contributed by atoms with Gasteiger partial charge in [-0.3, -0.25) is 116 Å². The zero-order valence-electron chi connectivity index (χ0n) is 77.1. The topological polar surface area (TPSA) is 920 Å². The molecule has 3 aliphatic heterocycles. The number of fused-ring (bicyclic) bond motifs is 12. The maximum absolute atomic E-state index is 15.4. The third-order valence-corrected chi connectivity index (χ3v) is 26.1. The van der Waals surface area contributed by atoms with Crippen LogP contribution >= 0.6 is 43.2 Å². The van der Waals surface area contributed by atoms with Crippen LogP contribution in [0.1, 0.15) is 156 Å². The molecule has 0 spiro atoms. The summed E-state index contributed by atoms with van der Waals surface area (Å²) in [6, 6.07) is -31.5. The molecule has 138 heavy (non-hydrogen) atoms. The highest BCUT2D eigenvalue weighted by Crippen LogP contribution is 2.27. The number of primary amides is 4. The van der Waals surface area contributed by atoms with Gasteiger partial charge in [0, 0.05) is 74.5 Å². The van der Waals surface area contributed by atoms with Crippen LogP contribution in [-0.2, 0) is 112 Å². The number of aliphatic carboxylic acids is 1. The lowest BCUT2D eigenvalue weighted by molar-refractivity contribution is -0.142. The number of amides is 21. The summed E-state index contributed by atoms with van der Waals surface area (Å²) >= 11 is 0. The van der Waals surface area contributed by atoms with Crippen LogP contribution in [0.5, 0.6) is 0 Å². The molecule has 55 nitrogen and oxygen atoms in total. The largest absolute Gasteiger partial charge is 0.481 e. The number of carbonyl (C=O) groups excluding carboxylic acids is 21. The molecule has 3 fully saturated rings. The molecule has 770 valence electrons. The van der Waals surface area contributed by atoms with Gasteiger partial charge in [0.25, 0.3) is 0 Å². The third-order valence-electron chi connectivity index (χ3n) is 21.2. The van der Waals surface area contributed by atoms with E-state index in [2.05, 4.69) is 106 Å². The molecule has 0 saturated carbocycles. The van der Waals surface area contributed by atoms with Gasteiger partial charge in [0.15, 0.2) is 11.9 Å². The number of carbonyl (C=O) groups is 22. The van der Waals surface area contributed by atoms with E-state index in [0.717, 1.165) is 47.3 Å². The van der Waals surface area contributed by atoms with Gasteiger partial charge < -0.3 is 162 Å². The summed E-state index contributed by atoms with van der Waals surface area (Å²) < 4.78 is 0. The molecule has 1 aromatic heterocycles. The molecule has 0 radical (unpaired) electrons. The van der Waals surface area contributed by atoms with Crippen molar-refractivity contribution in [3.05, 3.63) is 18.2 Å². The fourth-order valence-electron chi connectivity index (χ4n) is 13.7. The maximum atomic E-state index is 15.4. The molecule has 39 N–H and O–H groups in total. The predicted octanol–water partition coefficient (Wildman–Crippen LogP) is -12.3. The lowest BCUT2D eigenvalue weighted by Gasteiger charge is -2.30. The number of aliphatic hydroxyl groups is 1. The van der Waals surface area contributed by atoms with Gasteiger partial charge >= 0.3 is 5.97 Å². The van der Waals surface area contributed by atoms with Gasteiger partial charge in [-0.2, -0.15) is 0 Å². The lowest BCUT2D eigenvalue weighted by atomic mass is 10.0. The number of rotatable bonds is 35. The zero-order valence-corrected chi connectivity index (χ0v) is 80.4. The second-order valence-electron chi connectivity index (χ2n) is 33.2. The fourth-order valence-corrected chi connectivity index (χ4v) is 18.3. The average molecular weight is 2030 g/mol. The van der Waals surface area contributed by atoms with Crippen molar-refractivity contribution in [2.75, 3.05) is 49.2 Å². The SMILES string of the molecule is CC(C)C[C@@H]1NC(=O)[C@H](C)NC(=O)[C@H]([C@@H](C)O)NC(=O)[C@H](CCC(=O)O)NC(=O)[C@@H]2CCCN2C(=O)[C@H](C)NC(=O)[C@H](CCCCN)NC(=O)[C@@H]2CSSC[C@@H](C(=O)N[C@@H](CCC(N)=O)C(=O)N[C@@H](CCC(N)=O)C(=O)N[C@@H](Cc3c[nH]cn3)C(N)=O)NC(=O)[C@H](CCCNC(=N)N)NC(=O)[C@H](CCCNC(=N)N)NC(=O)[C@H](C)NC(=O)[C@H](CSSC[C@H](N)C(=O)N[C@H](CC(N)=O)C(=O)N2)NC1=O. The highest BCUT2D eigenvalue weighted by Gasteiger charge is 2.43. The number of unbranched alkanes of at least 4 members (excludes halogenated alkanes) is 1. The molecule has 0 aromatic carbocycles. The molecule has 4 heterocycles. The van der Waals surface area contributed by atoms with E-state index in [0.29, 0.717) is 21.6 Å². The molecule has 3 aliphatic rings. The van der Waals surface area contributed by atoms with E-state index in [1.165, 1.54) is 19.4 Å². The molecule has 21 amide bonds. The van der Waals surface area contributed by atoms with Gasteiger partial charge in [-0.25, -0.2) is 4.98 Å². The standard InChI is InChI=1S/C79H131N31O24S4/c1-35(2)26-49-70(127)107-51-31-136-135-30-41(81)63(120)105-50(28-57(84)114)71(128)108-53(73(130)99-42(12-7-8-22-80)64(121)96-38(5)77(134)110-25-11-15-54(110)75(132)102-47(18-21-58(115)116)69(126)109-59(39(6)111)76(133)95-37(4)62(119)104-49)33-138-137-32-52(106-66(123)44(14-10-24-92-79(88)89)98-65(122)43(13-9-23-91-78(86)87)97-61(118)36(3)94-72(51)129)74(131)101-45(16-19-55(82)112)67(124)100-46(17-20-56(83)113)68(125)103-48(60(85)117)27-40-29-90-34-93-40/h29,34-39,41-54,59,111H,7-28,30-33,80-81H2,1-6H3,(H2,82,112)(H2,83,113)(H2,84,114)(H2,85,117)(H,90,93)(H,94,129)(H,95,133)(H,96,121)(H,97,118)(H,98,122)(H,99,130)(H,100,124)(H,101,131)(H,102,132)(H,103,125)(H,104,119)(H,105,120)(H,106,123)(H,107,127)(H,108,128)(H,109,126)(H,115,116)(H4,86,87,91)(H4,88,89,92)/t36-,37-,38-,39+,41-,42-,43-,44-,45-,46-,47-,48-,49-,50+,51-,52-,53-,54-,59-/m0/s1. The van der Waals surface area contributed by atoms with Crippen LogP contribution in [0.2, 0.25) is 0 Å². The van der Waals surface area contributed by atoms with Gasteiger partial charge in [-0.15, -0.1) is 0 Å². The van der Waals surface area contributed by atoms with Crippen LogP contribution in [0.15, 0.2) is 12.5 Å². The first-order chi connectivity index (χ1) is 65.0. The third kappa shape index (κ3) is 42.5. The number of imidazole rings is 1. The van der Waals surface area contributed by atoms with Crippen molar-refractivity contribution < 1.29 is 116 Å². The fraction of sp³-hybridized carbons (Fsp3) is 0.658. The number of aliphatic hydroxyl groups excluding tert-OH is 1. The second-order valence-corrected chi connectivity index (χ2v) is 38.3. The molecule has 1 aromatic rings. The number of nitrogens with zero attached hydrogens (tertiary/aromatic N) is 2. The monoisotopic (exact) mass is 2030 g/mol. The smallest absolute Gasteiger partial charge is 0.303 e. The van der Waals surface area contributed by atoms with E-state index in [4.69, 9.17) is 56.7 Å². The molecule has 59 heteroatoms. The first-order valence-electron chi connectivity index (χ1n) is 44.3. The molecule has 2 bridgehead atoms. The maximum Gasteiger partial charge on any atom is 0.303 e. The summed E-state index contributed by atoms with van der Waals surface area (Å²) in [6.07, 6.45) is -5.53. The van der Waals surface area contributed by atoms with Gasteiger partial charge in [0.05, 0.1) is 30.6 Å². The summed E-state index contributed by atoms with van der Waals surface area (Å²) in [7, 11) is 2.86. The Balaban J connectivity index is 2.11. The van der Waals surface area contributed by atoms with Crippen molar-refractivity contribution in [1.29, 1.82) is 10.8 Å². The predicted molar refractivity (Wildman–Crippen MR) is 502 cm³/mol. The van der Waals surface area contributed by atoms with E-state index in [-0.39, 0.29) is 96.1 Å². The minimum absolute atomic E-state index is 0.0326. The van der Waals surface area contributed by atoms with E-state index < -0.39 is 337 Å². The van der Waals surface area contributed by atoms with Crippen molar-refractivity contribution in [2.45, 2.75) is 272 Å². The van der Waals surface area contributed by atoms with Crippen LogP contribution < -0.4 is 142 Å². The van der Waals surface area contributed by atoms with Crippen LogP contribution in [0.4, 0.5) is 0 Å². The van der Waals surface area contributed by atoms with Crippen LogP contribution in [-0.4, -0.2) is 331 Å². The Hall–Kier alpha value is -12.6. The minimum Gasteiger partial charge on any atom is -0.481 e. The summed E-state index contributed by atoms with van der Waals surface area (Å²) in [4.78, 5) is 320. The Morgan fingerprint density at radius 1 is 0.493 bits per heavy atom. The van der Waals surface area contributed by atoms with E-state index >= 15 is 19.2 Å². The number of hydrogen-bond acceptors (Lipinski definition) is 32. The van der Waals surface area contributed by atoms with E-state index in [9.17, 15) is 96.5 Å². The van der Waals surface area contributed by atoms with Gasteiger partial charge in [0.2, 0.25) is 124 Å². The zero-order chi connectivity index (χ0) is 103. The molecule has 19 atom stereocenters. The second kappa shape index (κ2) is 60.2. The number of carboxylic acids is 1. The van der Waals surface area contributed by atoms with Crippen molar-refractivity contribution in [1.82, 2.24) is 111 Å². The number of nitrogens with two attached hydrogens (primary N) is 8. The number of carboxylic acid groups (broad SMARTS) is 1. The number of hydrogen-bond donors (Lipinski definition) is 31. The Morgan fingerprint density at radius 3 is 1.46 bits per heavy atom. The normalized spacial score (nSPS) is 25.1. The van der Waals surface area contributed by atoms with Gasteiger partial charge in [-0.1, -0.05) is 57.0 Å². The van der Waals surface area contributed by atoms with Crippen molar-refractivity contribution in [3.8, 4) is 0 Å². The summed E-state index contributed by atoms with van der Waals surface area (Å²) in [5.74, 6) is -29.3. The molecule has 0 aliphatic carbocycles. The van der Waals surface area contributed by atoms with E-state index in [1.54, 1.807) is 13.8 Å². The molecule has 0 unspecified atom stereocenters. The van der Waals surface area contributed by atoms with Crippen LogP contribution in [0.3, 0.4) is 0 Å². The minimum atomic E-state index is -2.01. The molecule has 3 saturated heterocycles. The molecular weight excluding hydrogens is 1900 g/mol. The summed E-state index contributed by atoms with van der Waals surface area (Å²) in [5, 5.41) is 80.7. The highest BCUT2D eigenvalue weighted by atomic mass is 33.1. The van der Waals surface area contributed by atoms with Crippen molar-refractivity contribution in [2.24, 2.45) is 51.8 Å². The van der Waals surface area contributed by atoms with Crippen molar-refractivity contribution >= 4 is 185 Å². The Kier molecular flexibility index (Phi) is 51.3. The molecule has 4 rings (SSSR count). The van der Waals surface area contributed by atoms with Crippen LogP contribution in [0, 0.1) is 16.7 Å². The Labute approximate surface area is 809 Å².